The highest BCUT2D eigenvalue weighted by atomic mass is 79.9. The van der Waals surface area contributed by atoms with E-state index in [4.69, 9.17) is 10.5 Å². The highest BCUT2D eigenvalue weighted by Crippen LogP contribution is 2.31. The number of aryl methyl sites for hydroxylation is 1. The third-order valence-electron chi connectivity index (χ3n) is 2.78. The first kappa shape index (κ1) is 13.0. The fourth-order valence-corrected chi connectivity index (χ4v) is 2.23. The molecule has 1 aromatic carbocycles. The Morgan fingerprint density at radius 2 is 2.22 bits per heavy atom. The minimum Gasteiger partial charge on any atom is -0.493 e. The monoisotopic (exact) mass is 313 g/mol. The lowest BCUT2D eigenvalue weighted by atomic mass is 10.0. The molecule has 4 nitrogen and oxygen atoms in total. The molecule has 96 valence electrons. The molecule has 2 rings (SSSR count). The van der Waals surface area contributed by atoms with Crippen LogP contribution in [0.3, 0.4) is 0 Å². The molecule has 0 radical (unpaired) electrons. The van der Waals surface area contributed by atoms with E-state index >= 15 is 0 Å². The van der Waals surface area contributed by atoms with Gasteiger partial charge in [-0.1, -0.05) is 12.1 Å². The van der Waals surface area contributed by atoms with Gasteiger partial charge >= 0.3 is 0 Å². The summed E-state index contributed by atoms with van der Waals surface area (Å²) < 4.78 is 21.2. The van der Waals surface area contributed by atoms with Crippen molar-refractivity contribution < 1.29 is 9.13 Å². The largest absolute Gasteiger partial charge is 0.493 e. The van der Waals surface area contributed by atoms with Crippen molar-refractivity contribution in [3.8, 4) is 5.75 Å². The zero-order valence-corrected chi connectivity index (χ0v) is 11.6. The van der Waals surface area contributed by atoms with Crippen LogP contribution in [-0.4, -0.2) is 16.9 Å². The van der Waals surface area contributed by atoms with Crippen LogP contribution in [0, 0.1) is 5.82 Å². The van der Waals surface area contributed by atoms with Gasteiger partial charge in [-0.2, -0.15) is 5.10 Å². The molecule has 1 unspecified atom stereocenters. The number of aromatic nitrogens is 2. The van der Waals surface area contributed by atoms with Crippen LogP contribution in [0.15, 0.2) is 28.9 Å². The molecule has 1 atom stereocenters. The topological polar surface area (TPSA) is 53.1 Å². The number of benzene rings is 1. The van der Waals surface area contributed by atoms with Crippen LogP contribution in [0.5, 0.6) is 5.75 Å². The van der Waals surface area contributed by atoms with Gasteiger partial charge in [0.25, 0.3) is 0 Å². The summed E-state index contributed by atoms with van der Waals surface area (Å²) in [5.74, 6) is 0.178. The Hall–Kier alpha value is -1.40. The predicted octanol–water partition coefficient (Wildman–Crippen LogP) is 2.38. The highest BCUT2D eigenvalue weighted by Gasteiger charge is 2.22. The molecule has 2 aromatic rings. The Morgan fingerprint density at radius 1 is 1.50 bits per heavy atom. The Morgan fingerprint density at radius 3 is 2.89 bits per heavy atom. The van der Waals surface area contributed by atoms with E-state index in [9.17, 15) is 4.39 Å². The molecule has 1 heterocycles. The Labute approximate surface area is 113 Å². The van der Waals surface area contributed by atoms with Crippen LogP contribution < -0.4 is 10.5 Å². The molecule has 6 heteroatoms. The van der Waals surface area contributed by atoms with E-state index in [1.165, 1.54) is 7.11 Å². The van der Waals surface area contributed by atoms with Crippen molar-refractivity contribution in [3.63, 3.8) is 0 Å². The van der Waals surface area contributed by atoms with E-state index in [-0.39, 0.29) is 5.82 Å². The molecular weight excluding hydrogens is 301 g/mol. The highest BCUT2D eigenvalue weighted by molar-refractivity contribution is 9.10. The second-order valence-electron chi connectivity index (χ2n) is 3.84. The smallest absolute Gasteiger partial charge is 0.161 e. The number of hydrogen-bond donors (Lipinski definition) is 1. The summed E-state index contributed by atoms with van der Waals surface area (Å²) in [6.45, 7) is 0. The predicted molar refractivity (Wildman–Crippen MR) is 69.9 cm³/mol. The summed E-state index contributed by atoms with van der Waals surface area (Å²) >= 11 is 3.15. The molecule has 18 heavy (non-hydrogen) atoms. The maximum Gasteiger partial charge on any atom is 0.161 e. The minimum atomic E-state index is -0.634. The van der Waals surface area contributed by atoms with Gasteiger partial charge in [-0.15, -0.1) is 0 Å². The van der Waals surface area contributed by atoms with Gasteiger partial charge in [0, 0.05) is 12.6 Å². The third kappa shape index (κ3) is 2.13. The average Bonchev–Trinajstić information content (AvgIpc) is 2.73. The van der Waals surface area contributed by atoms with E-state index in [0.29, 0.717) is 21.5 Å². The summed E-state index contributed by atoms with van der Waals surface area (Å²) in [5, 5.41) is 4.06. The maximum atomic E-state index is 14.0. The van der Waals surface area contributed by atoms with Gasteiger partial charge in [-0.25, -0.2) is 4.39 Å². The number of methoxy groups -OCH3 is 1. The lowest BCUT2D eigenvalue weighted by Crippen LogP contribution is -2.18. The quantitative estimate of drug-likeness (QED) is 0.946. The number of halogens is 2. The number of hydrogen-bond acceptors (Lipinski definition) is 3. The molecule has 0 saturated heterocycles. The summed E-state index contributed by atoms with van der Waals surface area (Å²) in [6, 6.07) is 4.39. The molecule has 1 aromatic heterocycles. The molecule has 0 saturated carbocycles. The zero-order valence-electron chi connectivity index (χ0n) is 10.0. The Kier molecular flexibility index (Phi) is 3.68. The van der Waals surface area contributed by atoms with Crippen molar-refractivity contribution >= 4 is 15.9 Å². The van der Waals surface area contributed by atoms with Gasteiger partial charge in [0.2, 0.25) is 0 Å². The van der Waals surface area contributed by atoms with Crippen LogP contribution >= 0.6 is 15.9 Å². The summed E-state index contributed by atoms with van der Waals surface area (Å²) in [5.41, 5.74) is 7.13. The molecule has 0 spiro atoms. The lowest BCUT2D eigenvalue weighted by Gasteiger charge is -2.15. The minimum absolute atomic E-state index is 0.367. The third-order valence-corrected chi connectivity index (χ3v) is 3.39. The lowest BCUT2D eigenvalue weighted by molar-refractivity contribution is 0.405. The molecule has 0 bridgehead atoms. The van der Waals surface area contributed by atoms with Crippen molar-refractivity contribution in [2.75, 3.05) is 7.11 Å². The van der Waals surface area contributed by atoms with Crippen LogP contribution in [0.4, 0.5) is 4.39 Å². The molecule has 0 aliphatic rings. The first-order chi connectivity index (χ1) is 8.56. The van der Waals surface area contributed by atoms with E-state index < -0.39 is 6.04 Å². The first-order valence-electron chi connectivity index (χ1n) is 5.31. The first-order valence-corrected chi connectivity index (χ1v) is 6.11. The fraction of sp³-hybridized carbons (Fsp3) is 0.250. The number of rotatable bonds is 3. The summed E-state index contributed by atoms with van der Waals surface area (Å²) in [4.78, 5) is 0. The molecule has 2 N–H and O–H groups in total. The SMILES string of the molecule is COc1cnn(C)c1C(N)c1cccc(Br)c1F. The average molecular weight is 314 g/mol. The summed E-state index contributed by atoms with van der Waals surface area (Å²) in [6.07, 6.45) is 1.56. The van der Waals surface area contributed by atoms with E-state index in [1.54, 1.807) is 36.1 Å². The second kappa shape index (κ2) is 5.07. The number of nitrogens with two attached hydrogens (primary N) is 1. The van der Waals surface area contributed by atoms with Crippen LogP contribution in [0.2, 0.25) is 0 Å². The van der Waals surface area contributed by atoms with Crippen molar-refractivity contribution in [2.45, 2.75) is 6.04 Å². The number of nitrogens with zero attached hydrogens (tertiary/aromatic N) is 2. The van der Waals surface area contributed by atoms with Crippen molar-refractivity contribution in [3.05, 3.63) is 45.9 Å². The fourth-order valence-electron chi connectivity index (χ4n) is 1.85. The molecular formula is C12H13BrFN3O. The van der Waals surface area contributed by atoms with Crippen LogP contribution in [0.25, 0.3) is 0 Å². The Balaban J connectivity index is 2.51. The molecule has 0 aliphatic heterocycles. The Bertz CT molecular complexity index is 570. The van der Waals surface area contributed by atoms with Crippen molar-refractivity contribution in [1.82, 2.24) is 9.78 Å². The van der Waals surface area contributed by atoms with Gasteiger partial charge < -0.3 is 10.5 Å². The van der Waals surface area contributed by atoms with Gasteiger partial charge in [0.05, 0.1) is 23.8 Å². The maximum absolute atomic E-state index is 14.0. The second-order valence-corrected chi connectivity index (χ2v) is 4.70. The number of ether oxygens (including phenoxy) is 1. The van der Waals surface area contributed by atoms with Gasteiger partial charge in [0.15, 0.2) is 5.75 Å². The van der Waals surface area contributed by atoms with Crippen molar-refractivity contribution in [2.24, 2.45) is 12.8 Å². The zero-order chi connectivity index (χ0) is 13.3. The molecule has 0 aliphatic carbocycles. The van der Waals surface area contributed by atoms with E-state index in [1.807, 2.05) is 0 Å². The van der Waals surface area contributed by atoms with E-state index in [2.05, 4.69) is 21.0 Å². The van der Waals surface area contributed by atoms with Gasteiger partial charge in [-0.3, -0.25) is 4.68 Å². The van der Waals surface area contributed by atoms with Gasteiger partial charge in [0.1, 0.15) is 11.5 Å². The molecule has 0 amide bonds. The van der Waals surface area contributed by atoms with Crippen LogP contribution in [0.1, 0.15) is 17.3 Å². The molecule has 0 fully saturated rings. The standard InChI is InChI=1S/C12H13BrFN3O/c1-17-12(9(18-2)6-16-17)11(15)7-4-3-5-8(13)10(7)14/h3-6,11H,15H2,1-2H3. The van der Waals surface area contributed by atoms with E-state index in [0.717, 1.165) is 0 Å². The normalized spacial score (nSPS) is 12.5. The van der Waals surface area contributed by atoms with Crippen LogP contribution in [-0.2, 0) is 7.05 Å². The van der Waals surface area contributed by atoms with Crippen molar-refractivity contribution in [1.29, 1.82) is 0 Å². The van der Waals surface area contributed by atoms with Gasteiger partial charge in [-0.05, 0) is 22.0 Å². The summed E-state index contributed by atoms with van der Waals surface area (Å²) in [7, 11) is 3.28.